The summed E-state index contributed by atoms with van der Waals surface area (Å²) in [5.74, 6) is 1.76. The van der Waals surface area contributed by atoms with E-state index in [9.17, 15) is 4.79 Å². The number of carbonyl (C=O) groups is 1. The van der Waals surface area contributed by atoms with E-state index in [1.54, 1.807) is 30.8 Å². The molecule has 152 valence electrons. The Bertz CT molecular complexity index is 650. The molecule has 27 heavy (non-hydrogen) atoms. The molecule has 1 fully saturated rings. The molecule has 1 amide bonds. The maximum atomic E-state index is 11.9. The molecule has 9 heteroatoms. The number of likely N-dealkylation sites (N-methyl/N-ethyl adjacent to an activating group) is 1. The van der Waals surface area contributed by atoms with Crippen LogP contribution in [0.2, 0.25) is 0 Å². The molecule has 1 aromatic rings. The van der Waals surface area contributed by atoms with Crippen LogP contribution in [0.3, 0.4) is 0 Å². The third-order valence-corrected chi connectivity index (χ3v) is 4.58. The zero-order valence-electron chi connectivity index (χ0n) is 17.0. The van der Waals surface area contributed by atoms with Gasteiger partial charge in [0.25, 0.3) is 0 Å². The normalized spacial score (nSPS) is 17.1. The third kappa shape index (κ3) is 5.85. The topological polar surface area (TPSA) is 93.0 Å². The minimum Gasteiger partial charge on any atom is -0.481 e. The number of methoxy groups -OCH3 is 1. The molecule has 2 heterocycles. The molecular formula is C18H32N6O3. The third-order valence-electron chi connectivity index (χ3n) is 4.58. The van der Waals surface area contributed by atoms with Gasteiger partial charge in [-0.15, -0.1) is 0 Å². The van der Waals surface area contributed by atoms with Gasteiger partial charge >= 0.3 is 0 Å². The predicted octanol–water partition coefficient (Wildman–Crippen LogP) is 0.151. The van der Waals surface area contributed by atoms with Crippen LogP contribution in [0.4, 0.5) is 0 Å². The molecule has 1 unspecified atom stereocenters. The molecule has 2 N–H and O–H groups in total. The number of amides is 1. The van der Waals surface area contributed by atoms with E-state index < -0.39 is 0 Å². The van der Waals surface area contributed by atoms with Gasteiger partial charge in [-0.25, -0.2) is 9.67 Å². The van der Waals surface area contributed by atoms with Gasteiger partial charge in [0.1, 0.15) is 0 Å². The Balaban J connectivity index is 2.09. The first-order chi connectivity index (χ1) is 13.0. The van der Waals surface area contributed by atoms with Crippen molar-refractivity contribution in [2.24, 2.45) is 18.0 Å². The number of nitrogens with one attached hydrogen (secondary N) is 2. The molecule has 0 radical (unpaired) electrons. The summed E-state index contributed by atoms with van der Waals surface area (Å²) in [5, 5.41) is 10.9. The van der Waals surface area contributed by atoms with Crippen molar-refractivity contribution in [2.75, 3.05) is 47.5 Å². The van der Waals surface area contributed by atoms with Gasteiger partial charge in [-0.05, 0) is 12.8 Å². The molecule has 1 atom stereocenters. The highest BCUT2D eigenvalue weighted by atomic mass is 16.5. The highest BCUT2D eigenvalue weighted by Gasteiger charge is 2.18. The van der Waals surface area contributed by atoms with E-state index in [2.05, 4.69) is 27.6 Å². The van der Waals surface area contributed by atoms with Crippen LogP contribution in [-0.4, -0.2) is 74.1 Å². The Hall–Kier alpha value is -2.29. The lowest BCUT2D eigenvalue weighted by atomic mass is 10.1. The fourth-order valence-electron chi connectivity index (χ4n) is 2.94. The number of rotatable bonds is 8. The molecule has 0 spiro atoms. The molecule has 0 saturated carbocycles. The summed E-state index contributed by atoms with van der Waals surface area (Å²) in [6.07, 6.45) is 1.84. The Labute approximate surface area is 161 Å². The highest BCUT2D eigenvalue weighted by molar-refractivity contribution is 5.86. The molecule has 0 aliphatic carbocycles. The lowest BCUT2D eigenvalue weighted by molar-refractivity contribution is -0.127. The number of aliphatic imine (C=N–C) groups is 1. The van der Waals surface area contributed by atoms with E-state index >= 15 is 0 Å². The van der Waals surface area contributed by atoms with Crippen molar-refractivity contribution in [1.29, 1.82) is 0 Å². The van der Waals surface area contributed by atoms with Crippen LogP contribution in [0, 0.1) is 5.92 Å². The lowest BCUT2D eigenvalue weighted by Gasteiger charge is -2.16. The highest BCUT2D eigenvalue weighted by Crippen LogP contribution is 2.22. The summed E-state index contributed by atoms with van der Waals surface area (Å²) < 4.78 is 12.6. The van der Waals surface area contributed by atoms with Crippen LogP contribution < -0.4 is 15.4 Å². The second-order valence-electron chi connectivity index (χ2n) is 6.83. The number of nitrogens with zero attached hydrogens (tertiary/aromatic N) is 4. The van der Waals surface area contributed by atoms with Crippen LogP contribution in [0.15, 0.2) is 4.99 Å². The number of guanidine groups is 1. The average molecular weight is 380 g/mol. The zero-order valence-corrected chi connectivity index (χ0v) is 17.0. The number of aromatic nitrogens is 2. The van der Waals surface area contributed by atoms with Crippen molar-refractivity contribution < 1.29 is 14.3 Å². The summed E-state index contributed by atoms with van der Waals surface area (Å²) in [6.45, 7) is 4.98. The molecule has 1 aromatic heterocycles. The van der Waals surface area contributed by atoms with Crippen LogP contribution in [0.5, 0.6) is 5.88 Å². The van der Waals surface area contributed by atoms with E-state index in [1.165, 1.54) is 0 Å². The van der Waals surface area contributed by atoms with Crippen molar-refractivity contribution in [3.05, 3.63) is 11.3 Å². The fraction of sp³-hybridized carbons (Fsp3) is 0.722. The van der Waals surface area contributed by atoms with Crippen LogP contribution in [0.25, 0.3) is 0 Å². The first-order valence-corrected chi connectivity index (χ1v) is 9.35. The van der Waals surface area contributed by atoms with E-state index in [1.807, 2.05) is 7.05 Å². The molecule has 0 bridgehead atoms. The van der Waals surface area contributed by atoms with E-state index in [0.29, 0.717) is 24.3 Å². The van der Waals surface area contributed by atoms with Crippen molar-refractivity contribution >= 4 is 11.9 Å². The molecular weight excluding hydrogens is 348 g/mol. The quantitative estimate of drug-likeness (QED) is 0.493. The maximum Gasteiger partial charge on any atom is 0.241 e. The van der Waals surface area contributed by atoms with Crippen molar-refractivity contribution in [1.82, 2.24) is 25.3 Å². The largest absolute Gasteiger partial charge is 0.481 e. The van der Waals surface area contributed by atoms with Crippen molar-refractivity contribution in [3.63, 3.8) is 0 Å². The van der Waals surface area contributed by atoms with E-state index in [4.69, 9.17) is 9.47 Å². The summed E-state index contributed by atoms with van der Waals surface area (Å²) >= 11 is 0. The van der Waals surface area contributed by atoms with Gasteiger partial charge in [0.15, 0.2) is 5.96 Å². The van der Waals surface area contributed by atoms with Gasteiger partial charge in [0.05, 0.1) is 38.1 Å². The first kappa shape index (κ1) is 21.0. The summed E-state index contributed by atoms with van der Waals surface area (Å²) in [7, 11) is 6.96. The Morgan fingerprint density at radius 1 is 1.44 bits per heavy atom. The molecule has 1 aliphatic heterocycles. The fourth-order valence-corrected chi connectivity index (χ4v) is 2.94. The average Bonchev–Trinajstić information content (AvgIpc) is 3.27. The van der Waals surface area contributed by atoms with Crippen molar-refractivity contribution in [3.8, 4) is 5.88 Å². The molecule has 9 nitrogen and oxygen atoms in total. The molecule has 2 rings (SSSR count). The minimum atomic E-state index is -0.0121. The number of hydrogen-bond acceptors (Lipinski definition) is 5. The van der Waals surface area contributed by atoms with E-state index in [-0.39, 0.29) is 12.5 Å². The monoisotopic (exact) mass is 380 g/mol. The van der Waals surface area contributed by atoms with Gasteiger partial charge in [-0.3, -0.25) is 4.79 Å². The maximum absolute atomic E-state index is 11.9. The summed E-state index contributed by atoms with van der Waals surface area (Å²) in [4.78, 5) is 18.1. The minimum absolute atomic E-state index is 0.0121. The second kappa shape index (κ2) is 10.1. The smallest absolute Gasteiger partial charge is 0.241 e. The van der Waals surface area contributed by atoms with Gasteiger partial charge < -0.3 is 25.0 Å². The predicted molar refractivity (Wildman–Crippen MR) is 104 cm³/mol. The number of carbonyl (C=O) groups excluding carboxylic acids is 1. The van der Waals surface area contributed by atoms with Gasteiger partial charge in [-0.2, -0.15) is 5.10 Å². The zero-order chi connectivity index (χ0) is 19.8. The Morgan fingerprint density at radius 3 is 2.81 bits per heavy atom. The standard InChI is InChI=1S/C18H32N6O3/c1-6-15-14(17(26-5)24(4)22-15)10-20-18(21-11-16(25)23(2)3)19-9-13-7-8-27-12-13/h13H,6-12H2,1-5H3,(H2,19,20,21). The van der Waals surface area contributed by atoms with Crippen LogP contribution in [-0.2, 0) is 29.5 Å². The summed E-state index contributed by atoms with van der Waals surface area (Å²) in [5.41, 5.74) is 1.93. The second-order valence-corrected chi connectivity index (χ2v) is 6.83. The van der Waals surface area contributed by atoms with Crippen LogP contribution >= 0.6 is 0 Å². The number of aryl methyl sites for hydroxylation is 2. The molecule has 0 aromatic carbocycles. The van der Waals surface area contributed by atoms with E-state index in [0.717, 1.165) is 43.9 Å². The summed E-state index contributed by atoms with van der Waals surface area (Å²) in [6, 6.07) is 0. The molecule has 1 saturated heterocycles. The Morgan fingerprint density at radius 2 is 2.22 bits per heavy atom. The lowest BCUT2D eigenvalue weighted by Crippen LogP contribution is -2.44. The first-order valence-electron chi connectivity index (χ1n) is 9.35. The van der Waals surface area contributed by atoms with Crippen LogP contribution in [0.1, 0.15) is 24.6 Å². The number of ether oxygens (including phenoxy) is 2. The molecule has 1 aliphatic rings. The Kier molecular flexibility index (Phi) is 7.90. The SMILES string of the molecule is CCc1nn(C)c(OC)c1CN=C(NCC(=O)N(C)C)NCC1CCOC1. The van der Waals surface area contributed by atoms with Gasteiger partial charge in [0.2, 0.25) is 11.8 Å². The van der Waals surface area contributed by atoms with Crippen molar-refractivity contribution in [2.45, 2.75) is 26.3 Å². The number of hydrogen-bond donors (Lipinski definition) is 2. The van der Waals surface area contributed by atoms with Gasteiger partial charge in [-0.1, -0.05) is 6.92 Å². The van der Waals surface area contributed by atoms with Gasteiger partial charge in [0, 0.05) is 40.2 Å².